The van der Waals surface area contributed by atoms with Crippen LogP contribution in [0.15, 0.2) is 121 Å². The van der Waals surface area contributed by atoms with Crippen LogP contribution in [0.3, 0.4) is 0 Å². The van der Waals surface area contributed by atoms with Gasteiger partial charge in [-0.25, -0.2) is 9.97 Å². The predicted octanol–water partition coefficient (Wildman–Crippen LogP) is 7.02. The van der Waals surface area contributed by atoms with Gasteiger partial charge in [0.25, 0.3) is 11.8 Å². The number of aromatic nitrogens is 2. The third kappa shape index (κ3) is 6.35. The molecule has 1 fully saturated rings. The first-order valence-corrected chi connectivity index (χ1v) is 16.5. The molecule has 236 valence electrons. The maximum Gasteiger partial charge on any atom is 0.261 e. The highest BCUT2D eigenvalue weighted by atomic mass is 32.2. The molecule has 4 aromatic carbocycles. The number of hydrogen-bond donors (Lipinski definition) is 1. The van der Waals surface area contributed by atoms with Gasteiger partial charge in [-0.1, -0.05) is 104 Å². The zero-order chi connectivity index (χ0) is 32.3. The zero-order valence-corrected chi connectivity index (χ0v) is 26.5. The Bertz CT molecular complexity index is 1850. The van der Waals surface area contributed by atoms with Crippen LogP contribution in [0.1, 0.15) is 62.3 Å². The van der Waals surface area contributed by atoms with Crippen LogP contribution in [0, 0.1) is 5.92 Å². The lowest BCUT2D eigenvalue weighted by molar-refractivity contribution is -0.268. The second-order valence-corrected chi connectivity index (χ2v) is 12.7. The Kier molecular flexibility index (Phi) is 8.95. The van der Waals surface area contributed by atoms with Crippen molar-refractivity contribution in [3.05, 3.63) is 149 Å². The predicted molar refractivity (Wildman–Crippen MR) is 178 cm³/mol. The van der Waals surface area contributed by atoms with Gasteiger partial charge in [0, 0.05) is 29.6 Å². The second-order valence-electron chi connectivity index (χ2n) is 11.7. The van der Waals surface area contributed by atoms with Crippen molar-refractivity contribution in [1.82, 2.24) is 14.9 Å². The van der Waals surface area contributed by atoms with Gasteiger partial charge in [0.2, 0.25) is 0 Å². The van der Waals surface area contributed by atoms with Gasteiger partial charge in [0.1, 0.15) is 0 Å². The average Bonchev–Trinajstić information content (AvgIpc) is 3.37. The molecule has 1 aromatic heterocycles. The Hall–Kier alpha value is -4.67. The van der Waals surface area contributed by atoms with Gasteiger partial charge in [0.05, 0.1) is 36.5 Å². The molecule has 0 saturated carbocycles. The third-order valence-electron chi connectivity index (χ3n) is 8.76. The summed E-state index contributed by atoms with van der Waals surface area (Å²) in [5.74, 6) is 0.141. The summed E-state index contributed by atoms with van der Waals surface area (Å²) in [6.45, 7) is 2.29. The van der Waals surface area contributed by atoms with Crippen molar-refractivity contribution in [2.75, 3.05) is 5.75 Å². The van der Waals surface area contributed by atoms with E-state index in [4.69, 9.17) is 9.47 Å². The van der Waals surface area contributed by atoms with Crippen molar-refractivity contribution in [3.63, 3.8) is 0 Å². The Labute approximate surface area is 277 Å². The monoisotopic (exact) mass is 643 g/mol. The molecule has 0 aliphatic carbocycles. The van der Waals surface area contributed by atoms with E-state index in [1.54, 1.807) is 54.5 Å². The van der Waals surface area contributed by atoms with Gasteiger partial charge in [0.15, 0.2) is 11.4 Å². The fourth-order valence-corrected chi connectivity index (χ4v) is 7.11. The number of imide groups is 1. The van der Waals surface area contributed by atoms with Crippen LogP contribution in [-0.2, 0) is 22.6 Å². The summed E-state index contributed by atoms with van der Waals surface area (Å²) < 4.78 is 13.2. The minimum absolute atomic E-state index is 0.0167. The van der Waals surface area contributed by atoms with Crippen molar-refractivity contribution < 1.29 is 24.2 Å². The number of hydrogen-bond acceptors (Lipinski definition) is 8. The molecule has 0 radical (unpaired) electrons. The number of fused-ring (bicyclic) bond motifs is 1. The Morgan fingerprint density at radius 3 is 2.02 bits per heavy atom. The number of aliphatic hydroxyl groups is 1. The zero-order valence-electron chi connectivity index (χ0n) is 25.7. The highest BCUT2D eigenvalue weighted by molar-refractivity contribution is 7.99. The van der Waals surface area contributed by atoms with Gasteiger partial charge >= 0.3 is 0 Å². The molecular formula is C38H33N3O5S. The molecular weight excluding hydrogens is 611 g/mol. The smallest absolute Gasteiger partial charge is 0.261 e. The molecule has 7 rings (SSSR count). The number of ether oxygens (including phenoxy) is 2. The lowest BCUT2D eigenvalue weighted by atomic mass is 9.91. The molecule has 2 aliphatic rings. The van der Waals surface area contributed by atoms with Crippen LogP contribution < -0.4 is 0 Å². The number of nitrogens with zero attached hydrogens (tertiary/aromatic N) is 3. The van der Waals surface area contributed by atoms with Gasteiger partial charge < -0.3 is 14.6 Å². The summed E-state index contributed by atoms with van der Waals surface area (Å²) in [5.41, 5.74) is 6.39. The summed E-state index contributed by atoms with van der Waals surface area (Å²) >= 11 is 1.55. The summed E-state index contributed by atoms with van der Waals surface area (Å²) in [6.07, 6.45) is 2.47. The number of thioether (sulfide) groups is 1. The molecule has 0 bridgehead atoms. The first-order chi connectivity index (χ1) is 23.0. The second kappa shape index (κ2) is 13.6. The van der Waals surface area contributed by atoms with E-state index in [9.17, 15) is 14.7 Å². The standard InChI is InChI=1S/C38H33N3O5S/c1-24-33(23-47-38-39-19-6-20-40-38)45-37(46-34(24)27-13-11-25(22-42)12-14-27)28-17-15-26(16-18-28)30-8-3-2-7-29(30)21-41-35(43)31-9-4-5-10-32(31)36(41)44/h2-20,24,33-34,37,42H,21-23H2,1H3/t24-,33+,34+,37+/m1/s1. The maximum absolute atomic E-state index is 13.1. The molecule has 47 heavy (non-hydrogen) atoms. The van der Waals surface area contributed by atoms with Crippen LogP contribution in [0.5, 0.6) is 0 Å². The van der Waals surface area contributed by atoms with E-state index >= 15 is 0 Å². The van der Waals surface area contributed by atoms with Crippen LogP contribution in [0.2, 0.25) is 0 Å². The molecule has 2 aliphatic heterocycles. The summed E-state index contributed by atoms with van der Waals surface area (Å²) in [5, 5.41) is 10.3. The van der Waals surface area contributed by atoms with Crippen molar-refractivity contribution in [2.45, 2.75) is 43.7 Å². The summed E-state index contributed by atoms with van der Waals surface area (Å²) in [4.78, 5) is 36.2. The first kappa shape index (κ1) is 31.0. The Morgan fingerprint density at radius 2 is 1.36 bits per heavy atom. The van der Waals surface area contributed by atoms with Crippen molar-refractivity contribution in [3.8, 4) is 11.1 Å². The lowest BCUT2D eigenvalue weighted by Crippen LogP contribution is -2.38. The molecule has 4 atom stereocenters. The fraction of sp³-hybridized carbons (Fsp3) is 0.211. The number of carbonyl (C=O) groups is 2. The molecule has 1 N–H and O–H groups in total. The van der Waals surface area contributed by atoms with E-state index in [1.165, 1.54) is 4.90 Å². The van der Waals surface area contributed by atoms with Gasteiger partial charge in [-0.15, -0.1) is 0 Å². The van der Waals surface area contributed by atoms with Crippen molar-refractivity contribution in [2.24, 2.45) is 5.92 Å². The minimum Gasteiger partial charge on any atom is -0.392 e. The highest BCUT2D eigenvalue weighted by Crippen LogP contribution is 2.43. The highest BCUT2D eigenvalue weighted by Gasteiger charge is 2.39. The number of benzene rings is 4. The number of aliphatic hydroxyl groups excluding tert-OH is 1. The van der Waals surface area contributed by atoms with Gasteiger partial charge in [-0.3, -0.25) is 14.5 Å². The van der Waals surface area contributed by atoms with Crippen LogP contribution in [0.4, 0.5) is 0 Å². The quantitative estimate of drug-likeness (QED) is 0.104. The van der Waals surface area contributed by atoms with Gasteiger partial charge in [-0.2, -0.15) is 0 Å². The maximum atomic E-state index is 13.1. The topological polar surface area (TPSA) is 102 Å². The van der Waals surface area contributed by atoms with E-state index in [-0.39, 0.29) is 43.1 Å². The van der Waals surface area contributed by atoms with Gasteiger partial charge in [-0.05, 0) is 46.0 Å². The normalized spacial score (nSPS) is 20.8. The number of rotatable bonds is 9. The molecule has 5 aromatic rings. The van der Waals surface area contributed by atoms with E-state index in [2.05, 4.69) is 16.9 Å². The van der Waals surface area contributed by atoms with Crippen molar-refractivity contribution in [1.29, 1.82) is 0 Å². The average molecular weight is 644 g/mol. The Morgan fingerprint density at radius 1 is 0.745 bits per heavy atom. The van der Waals surface area contributed by atoms with E-state index in [0.717, 1.165) is 33.4 Å². The fourth-order valence-electron chi connectivity index (χ4n) is 6.14. The molecule has 1 saturated heterocycles. The van der Waals surface area contributed by atoms with E-state index < -0.39 is 6.29 Å². The van der Waals surface area contributed by atoms with E-state index in [1.807, 2.05) is 72.8 Å². The number of carbonyl (C=O) groups excluding carboxylic acids is 2. The Balaban J connectivity index is 1.13. The summed E-state index contributed by atoms with van der Waals surface area (Å²) in [6, 6.07) is 32.5. The summed E-state index contributed by atoms with van der Waals surface area (Å²) in [7, 11) is 0. The molecule has 3 heterocycles. The van der Waals surface area contributed by atoms with Crippen molar-refractivity contribution >= 4 is 23.6 Å². The van der Waals surface area contributed by atoms with Crippen LogP contribution >= 0.6 is 11.8 Å². The molecule has 8 nitrogen and oxygen atoms in total. The molecule has 2 amide bonds. The molecule has 9 heteroatoms. The molecule has 0 spiro atoms. The SMILES string of the molecule is C[C@@H]1[C@H](CSc2ncccn2)O[C@H](c2ccc(-c3ccccc3CN3C(=O)c4ccccc4C3=O)cc2)O[C@@H]1c1ccc(CO)cc1. The van der Waals surface area contributed by atoms with E-state index in [0.29, 0.717) is 22.0 Å². The minimum atomic E-state index is -0.612. The molecule has 0 unspecified atom stereocenters. The largest absolute Gasteiger partial charge is 0.392 e. The lowest BCUT2D eigenvalue weighted by Gasteiger charge is -2.41. The van der Waals surface area contributed by atoms with Crippen LogP contribution in [-0.4, -0.2) is 43.6 Å². The van der Waals surface area contributed by atoms with Crippen LogP contribution in [0.25, 0.3) is 11.1 Å². The number of amides is 2. The first-order valence-electron chi connectivity index (χ1n) is 15.5. The third-order valence-corrected chi connectivity index (χ3v) is 9.72.